The number of anilines is 4. The van der Waals surface area contributed by atoms with Gasteiger partial charge >= 0.3 is 5.69 Å². The Morgan fingerprint density at radius 3 is 2.67 bits per heavy atom. The Bertz CT molecular complexity index is 1230. The fourth-order valence-corrected chi connectivity index (χ4v) is 3.86. The minimum atomic E-state index is -0.522. The van der Waals surface area contributed by atoms with Crippen molar-refractivity contribution >= 4 is 49.7 Å². The number of ether oxygens (including phenoxy) is 1. The van der Waals surface area contributed by atoms with Gasteiger partial charge in [0.1, 0.15) is 12.1 Å². The van der Waals surface area contributed by atoms with E-state index in [-0.39, 0.29) is 17.3 Å². The van der Waals surface area contributed by atoms with Crippen molar-refractivity contribution in [2.75, 3.05) is 17.2 Å². The van der Waals surface area contributed by atoms with Crippen molar-refractivity contribution < 1.29 is 9.66 Å². The number of hydrogen-bond donors (Lipinski definition) is 2. The molecule has 0 amide bonds. The number of rotatable bonds is 7. The minimum Gasteiger partial charge on any atom is -0.492 e. The molecule has 0 aliphatic heterocycles. The first-order chi connectivity index (χ1) is 14.5. The monoisotopic (exact) mass is 422 g/mol. The molecule has 2 aromatic carbocycles. The summed E-state index contributed by atoms with van der Waals surface area (Å²) in [5, 5.41) is 18.3. The molecule has 10 heteroatoms. The highest BCUT2D eigenvalue weighted by Gasteiger charge is 2.24. The van der Waals surface area contributed by atoms with E-state index in [1.165, 1.54) is 17.7 Å². The zero-order valence-electron chi connectivity index (χ0n) is 16.2. The second-order valence-corrected chi connectivity index (χ2v) is 7.38. The van der Waals surface area contributed by atoms with E-state index in [1.54, 1.807) is 18.2 Å². The van der Waals surface area contributed by atoms with Crippen LogP contribution in [0.3, 0.4) is 0 Å². The summed E-state index contributed by atoms with van der Waals surface area (Å²) in [4.78, 5) is 24.0. The number of nitrogens with zero attached hydrogens (tertiary/aromatic N) is 4. The third-order valence-electron chi connectivity index (χ3n) is 4.21. The number of nitro groups is 1. The molecular weight excluding hydrogens is 404 g/mol. The predicted octanol–water partition coefficient (Wildman–Crippen LogP) is 5.19. The Labute approximate surface area is 175 Å². The van der Waals surface area contributed by atoms with Gasteiger partial charge in [0, 0.05) is 0 Å². The molecule has 4 aromatic rings. The summed E-state index contributed by atoms with van der Waals surface area (Å²) in [5.74, 6) is 0.688. The van der Waals surface area contributed by atoms with Gasteiger partial charge in [0.15, 0.2) is 5.13 Å². The Morgan fingerprint density at radius 1 is 1.13 bits per heavy atom. The number of aromatic nitrogens is 3. The van der Waals surface area contributed by atoms with Gasteiger partial charge in [-0.15, -0.1) is 0 Å². The molecule has 0 aliphatic rings. The van der Waals surface area contributed by atoms with Crippen molar-refractivity contribution in [2.24, 2.45) is 0 Å². The van der Waals surface area contributed by atoms with Crippen LogP contribution in [-0.4, -0.2) is 26.5 Å². The number of aryl methyl sites for hydroxylation is 1. The molecule has 0 aliphatic carbocycles. The number of nitrogens with one attached hydrogen (secondary N) is 2. The first kappa shape index (κ1) is 19.5. The molecule has 0 unspecified atom stereocenters. The summed E-state index contributed by atoms with van der Waals surface area (Å²) in [5.41, 5.74) is 2.22. The smallest absolute Gasteiger partial charge is 0.353 e. The van der Waals surface area contributed by atoms with Crippen LogP contribution in [0.25, 0.3) is 10.2 Å². The number of thiazole rings is 1. The molecule has 0 spiro atoms. The zero-order valence-corrected chi connectivity index (χ0v) is 17.1. The zero-order chi connectivity index (χ0) is 21.1. The molecular formula is C20H18N6O3S. The third kappa shape index (κ3) is 3.98. The molecule has 0 saturated heterocycles. The maximum Gasteiger partial charge on any atom is 0.353 e. The van der Waals surface area contributed by atoms with E-state index in [1.807, 2.05) is 38.1 Å². The second kappa shape index (κ2) is 8.29. The van der Waals surface area contributed by atoms with Gasteiger partial charge < -0.3 is 15.4 Å². The van der Waals surface area contributed by atoms with E-state index in [9.17, 15) is 10.1 Å². The van der Waals surface area contributed by atoms with Crippen LogP contribution < -0.4 is 15.4 Å². The molecule has 4 rings (SSSR count). The van der Waals surface area contributed by atoms with E-state index in [0.717, 1.165) is 15.8 Å². The van der Waals surface area contributed by atoms with Crippen LogP contribution >= 0.6 is 11.3 Å². The van der Waals surface area contributed by atoms with Crippen LogP contribution in [0.4, 0.5) is 28.1 Å². The molecule has 9 nitrogen and oxygen atoms in total. The lowest BCUT2D eigenvalue weighted by Gasteiger charge is -2.12. The predicted molar refractivity (Wildman–Crippen MR) is 117 cm³/mol. The molecule has 152 valence electrons. The fourth-order valence-electron chi connectivity index (χ4n) is 2.90. The fraction of sp³-hybridized carbons (Fsp3) is 0.150. The van der Waals surface area contributed by atoms with Crippen molar-refractivity contribution in [2.45, 2.75) is 13.8 Å². The van der Waals surface area contributed by atoms with Gasteiger partial charge in [-0.2, -0.15) is 0 Å². The lowest BCUT2D eigenvalue weighted by Crippen LogP contribution is -2.06. The first-order valence-electron chi connectivity index (χ1n) is 9.17. The van der Waals surface area contributed by atoms with Crippen LogP contribution in [0.15, 0.2) is 48.8 Å². The number of hydrogen-bond acceptors (Lipinski definition) is 9. The van der Waals surface area contributed by atoms with Crippen LogP contribution in [0.5, 0.6) is 5.75 Å². The van der Waals surface area contributed by atoms with E-state index in [4.69, 9.17) is 4.74 Å². The topological polar surface area (TPSA) is 115 Å². The van der Waals surface area contributed by atoms with Crippen molar-refractivity contribution in [3.05, 3.63) is 64.5 Å². The van der Waals surface area contributed by atoms with E-state index in [0.29, 0.717) is 23.2 Å². The Balaban J connectivity index is 1.70. The largest absolute Gasteiger partial charge is 0.492 e. The van der Waals surface area contributed by atoms with E-state index >= 15 is 0 Å². The van der Waals surface area contributed by atoms with Gasteiger partial charge in [0.25, 0.3) is 0 Å². The molecule has 0 fully saturated rings. The second-order valence-electron chi connectivity index (χ2n) is 6.35. The van der Waals surface area contributed by atoms with Crippen LogP contribution in [0, 0.1) is 17.0 Å². The van der Waals surface area contributed by atoms with Gasteiger partial charge in [-0.3, -0.25) is 10.1 Å². The third-order valence-corrected chi connectivity index (χ3v) is 5.15. The maximum absolute atomic E-state index is 11.8. The maximum atomic E-state index is 11.8. The molecule has 0 saturated carbocycles. The van der Waals surface area contributed by atoms with Gasteiger partial charge in [-0.05, 0) is 43.7 Å². The Morgan fingerprint density at radius 2 is 1.90 bits per heavy atom. The molecule has 30 heavy (non-hydrogen) atoms. The first-order valence-corrected chi connectivity index (χ1v) is 9.99. The standard InChI is InChI=1S/C20H18N6O3S/c1-3-29-15-7-5-4-6-13(15)23-18-17(26(27)28)19(22-11-21-18)25-20-24-14-9-8-12(2)10-16(14)30-20/h4-11H,3H2,1-2H3,(H2,21,22,23,24,25). The normalized spacial score (nSPS) is 10.7. The SMILES string of the molecule is CCOc1ccccc1Nc1ncnc(Nc2nc3ccc(C)cc3s2)c1[N+](=O)[O-]. The van der Waals surface area contributed by atoms with Crippen LogP contribution in [0.2, 0.25) is 0 Å². The molecule has 2 heterocycles. The van der Waals surface area contributed by atoms with Gasteiger partial charge in [0.2, 0.25) is 11.6 Å². The summed E-state index contributed by atoms with van der Waals surface area (Å²) < 4.78 is 6.56. The molecule has 0 bridgehead atoms. The number of fused-ring (bicyclic) bond motifs is 1. The highest BCUT2D eigenvalue weighted by molar-refractivity contribution is 7.22. The lowest BCUT2D eigenvalue weighted by atomic mass is 10.2. The van der Waals surface area contributed by atoms with Gasteiger partial charge in [-0.1, -0.05) is 29.5 Å². The summed E-state index contributed by atoms with van der Waals surface area (Å²) in [6.07, 6.45) is 1.26. The highest BCUT2D eigenvalue weighted by Crippen LogP contribution is 2.37. The highest BCUT2D eigenvalue weighted by atomic mass is 32.1. The quantitative estimate of drug-likeness (QED) is 0.309. The van der Waals surface area contributed by atoms with Crippen LogP contribution in [0.1, 0.15) is 12.5 Å². The van der Waals surface area contributed by atoms with Crippen molar-refractivity contribution in [1.29, 1.82) is 0 Å². The van der Waals surface area contributed by atoms with Gasteiger partial charge in [0.05, 0.1) is 27.4 Å². The molecule has 2 aromatic heterocycles. The summed E-state index contributed by atoms with van der Waals surface area (Å²) in [6, 6.07) is 13.1. The van der Waals surface area contributed by atoms with Gasteiger partial charge in [-0.25, -0.2) is 15.0 Å². The van der Waals surface area contributed by atoms with Crippen molar-refractivity contribution in [3.8, 4) is 5.75 Å². The Hall–Kier alpha value is -3.79. The minimum absolute atomic E-state index is 0.0570. The summed E-state index contributed by atoms with van der Waals surface area (Å²) in [6.45, 7) is 4.33. The molecule has 0 atom stereocenters. The number of benzene rings is 2. The average molecular weight is 422 g/mol. The Kier molecular flexibility index (Phi) is 5.40. The summed E-state index contributed by atoms with van der Waals surface area (Å²) in [7, 11) is 0. The van der Waals surface area contributed by atoms with E-state index < -0.39 is 4.92 Å². The van der Waals surface area contributed by atoms with Crippen molar-refractivity contribution in [1.82, 2.24) is 15.0 Å². The average Bonchev–Trinajstić information content (AvgIpc) is 3.11. The molecule has 2 N–H and O–H groups in total. The van der Waals surface area contributed by atoms with Crippen molar-refractivity contribution in [3.63, 3.8) is 0 Å². The summed E-state index contributed by atoms with van der Waals surface area (Å²) >= 11 is 1.40. The molecule has 0 radical (unpaired) electrons. The van der Waals surface area contributed by atoms with E-state index in [2.05, 4.69) is 25.6 Å². The van der Waals surface area contributed by atoms with Crippen LogP contribution in [-0.2, 0) is 0 Å². The lowest BCUT2D eigenvalue weighted by molar-refractivity contribution is -0.383. The number of para-hydroxylation sites is 2.